The summed E-state index contributed by atoms with van der Waals surface area (Å²) in [6.07, 6.45) is 8.58. The highest BCUT2D eigenvalue weighted by Crippen LogP contribution is 2.25. The summed E-state index contributed by atoms with van der Waals surface area (Å²) in [5, 5.41) is 6.15. The average molecular weight is 450 g/mol. The Kier molecular flexibility index (Phi) is 8.00. The van der Waals surface area contributed by atoms with Crippen molar-refractivity contribution in [2.45, 2.75) is 63.1 Å². The standard InChI is InChI=1S/C27H35N3O3/c1-33-24-14-12-21(13-15-24)26(31)29-25(20-8-4-2-5-9-20)27(32)28-22-16-18-30(19-17-22)23-10-6-3-7-11-23/h2,4-5,8-9,12-15,22-23,25H,3,6-7,10-11,16-19H2,1H3,(H,28,32)(H,29,31)/t25-/m1/s1. The zero-order valence-corrected chi connectivity index (χ0v) is 19.5. The summed E-state index contributed by atoms with van der Waals surface area (Å²) in [4.78, 5) is 28.8. The van der Waals surface area contributed by atoms with Crippen LogP contribution in [0.5, 0.6) is 5.75 Å². The molecule has 2 N–H and O–H groups in total. The lowest BCUT2D eigenvalue weighted by Gasteiger charge is -2.39. The van der Waals surface area contributed by atoms with E-state index in [0.29, 0.717) is 11.3 Å². The fourth-order valence-electron chi connectivity index (χ4n) is 5.04. The molecular formula is C27H35N3O3. The molecule has 4 rings (SSSR count). The summed E-state index contributed by atoms with van der Waals surface area (Å²) < 4.78 is 5.17. The maximum absolute atomic E-state index is 13.3. The summed E-state index contributed by atoms with van der Waals surface area (Å²) in [5.74, 6) is 0.247. The molecule has 1 atom stereocenters. The van der Waals surface area contributed by atoms with Crippen LogP contribution < -0.4 is 15.4 Å². The highest BCUT2D eigenvalue weighted by Gasteiger charge is 2.29. The monoisotopic (exact) mass is 449 g/mol. The van der Waals surface area contributed by atoms with Crippen LogP contribution in [-0.2, 0) is 4.79 Å². The molecule has 2 fully saturated rings. The van der Waals surface area contributed by atoms with Gasteiger partial charge >= 0.3 is 0 Å². The first kappa shape index (κ1) is 23.3. The fourth-order valence-corrected chi connectivity index (χ4v) is 5.04. The smallest absolute Gasteiger partial charge is 0.252 e. The molecule has 0 spiro atoms. The minimum Gasteiger partial charge on any atom is -0.497 e. The maximum atomic E-state index is 13.3. The summed E-state index contributed by atoms with van der Waals surface area (Å²) in [6.45, 7) is 2.06. The molecular weight excluding hydrogens is 414 g/mol. The van der Waals surface area contributed by atoms with Crippen molar-refractivity contribution in [2.24, 2.45) is 0 Å². The molecule has 2 aromatic carbocycles. The van der Waals surface area contributed by atoms with Crippen LogP contribution in [0, 0.1) is 0 Å². The zero-order valence-electron chi connectivity index (χ0n) is 19.5. The number of rotatable bonds is 7. The van der Waals surface area contributed by atoms with Crippen LogP contribution >= 0.6 is 0 Å². The van der Waals surface area contributed by atoms with E-state index in [2.05, 4.69) is 15.5 Å². The number of carbonyl (C=O) groups is 2. The third-order valence-electron chi connectivity index (χ3n) is 6.99. The Morgan fingerprint density at radius 3 is 2.21 bits per heavy atom. The largest absolute Gasteiger partial charge is 0.497 e. The number of ether oxygens (including phenoxy) is 1. The topological polar surface area (TPSA) is 70.7 Å². The molecule has 2 aromatic rings. The van der Waals surface area contributed by atoms with Crippen LogP contribution in [0.3, 0.4) is 0 Å². The normalized spacial score (nSPS) is 18.9. The molecule has 1 saturated carbocycles. The van der Waals surface area contributed by atoms with Gasteiger partial charge in [-0.05, 0) is 55.5 Å². The SMILES string of the molecule is COc1ccc(C(=O)N[C@@H](C(=O)NC2CCN(C3CCCCC3)CC2)c2ccccc2)cc1. The van der Waals surface area contributed by atoms with E-state index in [1.807, 2.05) is 30.3 Å². The van der Waals surface area contributed by atoms with Crippen molar-refractivity contribution >= 4 is 11.8 Å². The molecule has 1 aliphatic carbocycles. The van der Waals surface area contributed by atoms with Gasteiger partial charge in [-0.15, -0.1) is 0 Å². The van der Waals surface area contributed by atoms with Crippen LogP contribution in [0.1, 0.15) is 66.9 Å². The van der Waals surface area contributed by atoms with Gasteiger partial charge < -0.3 is 20.3 Å². The average Bonchev–Trinajstić information content (AvgIpc) is 2.88. The number of likely N-dealkylation sites (tertiary alicyclic amines) is 1. The van der Waals surface area contributed by atoms with Gasteiger partial charge in [0.15, 0.2) is 0 Å². The molecule has 1 heterocycles. The molecule has 0 unspecified atom stereocenters. The van der Waals surface area contributed by atoms with Crippen molar-refractivity contribution in [1.29, 1.82) is 0 Å². The van der Waals surface area contributed by atoms with Gasteiger partial charge in [0, 0.05) is 30.7 Å². The van der Waals surface area contributed by atoms with Crippen LogP contribution in [0.15, 0.2) is 54.6 Å². The van der Waals surface area contributed by atoms with Crippen molar-refractivity contribution in [2.75, 3.05) is 20.2 Å². The summed E-state index contributed by atoms with van der Waals surface area (Å²) in [7, 11) is 1.59. The predicted octanol–water partition coefficient (Wildman–Crippen LogP) is 4.08. The molecule has 0 radical (unpaired) electrons. The van der Waals surface area contributed by atoms with Gasteiger partial charge in [0.25, 0.3) is 5.91 Å². The molecule has 33 heavy (non-hydrogen) atoms. The van der Waals surface area contributed by atoms with E-state index in [-0.39, 0.29) is 17.9 Å². The number of benzene rings is 2. The Bertz CT molecular complexity index is 902. The van der Waals surface area contributed by atoms with Crippen molar-refractivity contribution in [3.63, 3.8) is 0 Å². The van der Waals surface area contributed by atoms with Gasteiger partial charge in [0.1, 0.15) is 11.8 Å². The first-order valence-corrected chi connectivity index (χ1v) is 12.2. The molecule has 1 aliphatic heterocycles. The lowest BCUT2D eigenvalue weighted by atomic mass is 9.92. The number of hydrogen-bond acceptors (Lipinski definition) is 4. The number of carbonyl (C=O) groups excluding carboxylic acids is 2. The highest BCUT2D eigenvalue weighted by molar-refractivity contribution is 5.98. The van der Waals surface area contributed by atoms with Crippen LogP contribution in [0.2, 0.25) is 0 Å². The van der Waals surface area contributed by atoms with Crippen molar-refractivity contribution in [3.05, 3.63) is 65.7 Å². The lowest BCUT2D eigenvalue weighted by Crippen LogP contribution is -2.50. The summed E-state index contributed by atoms with van der Waals surface area (Å²) in [5.41, 5.74) is 1.27. The zero-order chi connectivity index (χ0) is 23.0. The molecule has 1 saturated heterocycles. The van der Waals surface area contributed by atoms with E-state index in [1.165, 1.54) is 32.1 Å². The van der Waals surface area contributed by atoms with Crippen molar-refractivity contribution in [1.82, 2.24) is 15.5 Å². The van der Waals surface area contributed by atoms with Gasteiger partial charge in [-0.2, -0.15) is 0 Å². The number of amides is 2. The van der Waals surface area contributed by atoms with E-state index in [0.717, 1.165) is 37.5 Å². The Hall–Kier alpha value is -2.86. The number of methoxy groups -OCH3 is 1. The first-order chi connectivity index (χ1) is 16.1. The van der Waals surface area contributed by atoms with Crippen molar-refractivity contribution < 1.29 is 14.3 Å². The molecule has 0 aromatic heterocycles. The second kappa shape index (κ2) is 11.3. The second-order valence-electron chi connectivity index (χ2n) is 9.16. The van der Waals surface area contributed by atoms with E-state index < -0.39 is 6.04 Å². The number of hydrogen-bond donors (Lipinski definition) is 2. The van der Waals surface area contributed by atoms with E-state index in [9.17, 15) is 9.59 Å². The first-order valence-electron chi connectivity index (χ1n) is 12.2. The lowest BCUT2D eigenvalue weighted by molar-refractivity contribution is -0.124. The Morgan fingerprint density at radius 1 is 0.909 bits per heavy atom. The Labute approximate surface area is 196 Å². The molecule has 176 valence electrons. The van der Waals surface area contributed by atoms with Gasteiger partial charge in [0.2, 0.25) is 5.91 Å². The molecule has 6 heteroatoms. The number of piperidine rings is 1. The number of nitrogens with one attached hydrogen (secondary N) is 2. The highest BCUT2D eigenvalue weighted by atomic mass is 16.5. The maximum Gasteiger partial charge on any atom is 0.252 e. The molecule has 0 bridgehead atoms. The van der Waals surface area contributed by atoms with Gasteiger partial charge in [-0.25, -0.2) is 0 Å². The van der Waals surface area contributed by atoms with Crippen LogP contribution in [0.25, 0.3) is 0 Å². The third-order valence-corrected chi connectivity index (χ3v) is 6.99. The Morgan fingerprint density at radius 2 is 1.58 bits per heavy atom. The van der Waals surface area contributed by atoms with Crippen LogP contribution in [0.4, 0.5) is 0 Å². The molecule has 2 aliphatic rings. The summed E-state index contributed by atoms with van der Waals surface area (Å²) >= 11 is 0. The number of nitrogens with zero attached hydrogens (tertiary/aromatic N) is 1. The fraction of sp³-hybridized carbons (Fsp3) is 0.481. The minimum atomic E-state index is -0.739. The van der Waals surface area contributed by atoms with E-state index in [1.54, 1.807) is 31.4 Å². The van der Waals surface area contributed by atoms with Gasteiger partial charge in [0.05, 0.1) is 7.11 Å². The van der Waals surface area contributed by atoms with E-state index >= 15 is 0 Å². The molecule has 2 amide bonds. The van der Waals surface area contributed by atoms with Gasteiger partial charge in [-0.3, -0.25) is 9.59 Å². The quantitative estimate of drug-likeness (QED) is 0.668. The Balaban J connectivity index is 1.38. The van der Waals surface area contributed by atoms with Gasteiger partial charge in [-0.1, -0.05) is 49.6 Å². The van der Waals surface area contributed by atoms with E-state index in [4.69, 9.17) is 4.74 Å². The summed E-state index contributed by atoms with van der Waals surface area (Å²) in [6, 6.07) is 16.5. The van der Waals surface area contributed by atoms with Crippen LogP contribution in [-0.4, -0.2) is 49.0 Å². The third kappa shape index (κ3) is 6.14. The minimum absolute atomic E-state index is 0.140. The van der Waals surface area contributed by atoms with Crippen molar-refractivity contribution in [3.8, 4) is 5.75 Å². The predicted molar refractivity (Wildman–Crippen MR) is 129 cm³/mol. The second-order valence-corrected chi connectivity index (χ2v) is 9.16. The molecule has 6 nitrogen and oxygen atoms in total.